The smallest absolute Gasteiger partial charge is 0.223 e. The van der Waals surface area contributed by atoms with E-state index in [1.807, 2.05) is 19.9 Å². The molecule has 3 N–H and O–H groups in total. The lowest BCUT2D eigenvalue weighted by Crippen LogP contribution is -2.37. The molecule has 0 bridgehead atoms. The summed E-state index contributed by atoms with van der Waals surface area (Å²) >= 11 is 0. The first-order valence-corrected chi connectivity index (χ1v) is 8.34. The van der Waals surface area contributed by atoms with Crippen LogP contribution in [0.3, 0.4) is 0 Å². The van der Waals surface area contributed by atoms with Crippen LogP contribution in [0.2, 0.25) is 0 Å². The summed E-state index contributed by atoms with van der Waals surface area (Å²) in [6.07, 6.45) is 3.94. The highest BCUT2D eigenvalue weighted by Gasteiger charge is 2.31. The first-order chi connectivity index (χ1) is 10.2. The van der Waals surface area contributed by atoms with Gasteiger partial charge in [0.1, 0.15) is 5.82 Å². The molecule has 1 saturated carbocycles. The monoisotopic (exact) mass is 306 g/mol. The van der Waals surface area contributed by atoms with Crippen molar-refractivity contribution in [2.75, 3.05) is 5.73 Å². The Morgan fingerprint density at radius 2 is 1.91 bits per heavy atom. The van der Waals surface area contributed by atoms with E-state index in [9.17, 15) is 4.79 Å². The number of nitrogens with two attached hydrogens (primary N) is 1. The minimum Gasteiger partial charge on any atom is -0.382 e. The summed E-state index contributed by atoms with van der Waals surface area (Å²) in [4.78, 5) is 12.1. The second-order valence-electron chi connectivity index (χ2n) is 7.79. The van der Waals surface area contributed by atoms with Crippen LogP contribution in [-0.2, 0) is 10.3 Å². The van der Waals surface area contributed by atoms with E-state index in [-0.39, 0.29) is 23.4 Å². The van der Waals surface area contributed by atoms with E-state index in [0.29, 0.717) is 11.7 Å². The number of amides is 1. The number of hydrogen-bond acceptors (Lipinski definition) is 3. The highest BCUT2D eigenvalue weighted by Crippen LogP contribution is 2.38. The molecule has 0 aromatic carbocycles. The van der Waals surface area contributed by atoms with E-state index in [1.54, 1.807) is 0 Å². The van der Waals surface area contributed by atoms with Crippen molar-refractivity contribution in [3.05, 3.63) is 11.8 Å². The van der Waals surface area contributed by atoms with Gasteiger partial charge in [0.25, 0.3) is 0 Å². The molecule has 0 atom stereocenters. The maximum absolute atomic E-state index is 12.1. The van der Waals surface area contributed by atoms with Gasteiger partial charge in [-0.3, -0.25) is 9.48 Å². The summed E-state index contributed by atoms with van der Waals surface area (Å²) < 4.78 is 2.06. The third-order valence-electron chi connectivity index (χ3n) is 4.34. The summed E-state index contributed by atoms with van der Waals surface area (Å²) in [7, 11) is 0. The third kappa shape index (κ3) is 3.81. The Balaban J connectivity index is 2.05. The van der Waals surface area contributed by atoms with Gasteiger partial charge < -0.3 is 11.1 Å². The van der Waals surface area contributed by atoms with Crippen LogP contribution < -0.4 is 11.1 Å². The molecule has 1 fully saturated rings. The average molecular weight is 306 g/mol. The Bertz CT molecular complexity index is 519. The largest absolute Gasteiger partial charge is 0.382 e. The summed E-state index contributed by atoms with van der Waals surface area (Å²) in [5.74, 6) is 1.40. The third-order valence-corrected chi connectivity index (χ3v) is 4.34. The molecule has 1 heterocycles. The van der Waals surface area contributed by atoms with Crippen molar-refractivity contribution < 1.29 is 4.79 Å². The molecule has 1 amide bonds. The Kier molecular flexibility index (Phi) is 4.83. The van der Waals surface area contributed by atoms with Crippen molar-refractivity contribution in [1.29, 1.82) is 0 Å². The van der Waals surface area contributed by atoms with Crippen molar-refractivity contribution >= 4 is 11.7 Å². The lowest BCUT2D eigenvalue weighted by atomic mass is 9.79. The van der Waals surface area contributed by atoms with Crippen molar-refractivity contribution in [2.45, 2.75) is 77.8 Å². The van der Waals surface area contributed by atoms with Crippen LogP contribution in [0.25, 0.3) is 0 Å². The zero-order chi connectivity index (χ0) is 16.5. The lowest BCUT2D eigenvalue weighted by molar-refractivity contribution is -0.126. The number of anilines is 1. The standard InChI is InChI=1S/C17H30N4O/c1-11(2)19-16(22)13-8-6-12(7-9-13)14-10-15(18)20-21(14)17(3,4)5/h10-13H,6-9H2,1-5H3,(H2,18,20)(H,19,22)/t12-,13+. The first-order valence-electron chi connectivity index (χ1n) is 8.34. The fourth-order valence-corrected chi connectivity index (χ4v) is 3.30. The topological polar surface area (TPSA) is 72.9 Å². The second kappa shape index (κ2) is 6.31. The zero-order valence-electron chi connectivity index (χ0n) is 14.5. The SMILES string of the molecule is CC(C)NC(=O)[C@H]1CC[C@@H](c2cc(N)nn2C(C)(C)C)CC1. The fourth-order valence-electron chi connectivity index (χ4n) is 3.30. The average Bonchev–Trinajstić information content (AvgIpc) is 2.80. The molecule has 1 aromatic heterocycles. The van der Waals surface area contributed by atoms with E-state index in [2.05, 4.69) is 35.9 Å². The van der Waals surface area contributed by atoms with E-state index in [4.69, 9.17) is 5.73 Å². The number of nitrogens with zero attached hydrogens (tertiary/aromatic N) is 2. The fraction of sp³-hybridized carbons (Fsp3) is 0.765. The normalized spacial score (nSPS) is 22.8. The van der Waals surface area contributed by atoms with E-state index < -0.39 is 0 Å². The molecule has 0 saturated heterocycles. The number of carbonyl (C=O) groups is 1. The van der Waals surface area contributed by atoms with E-state index >= 15 is 0 Å². The van der Waals surface area contributed by atoms with Gasteiger partial charge in [-0.15, -0.1) is 0 Å². The maximum atomic E-state index is 12.1. The molecule has 0 unspecified atom stereocenters. The van der Waals surface area contributed by atoms with Gasteiger partial charge in [-0.05, 0) is 60.3 Å². The van der Waals surface area contributed by atoms with Gasteiger partial charge in [0.15, 0.2) is 0 Å². The summed E-state index contributed by atoms with van der Waals surface area (Å²) in [5, 5.41) is 7.50. The van der Waals surface area contributed by atoms with Gasteiger partial charge in [-0.1, -0.05) is 0 Å². The molecule has 1 aromatic rings. The molecule has 5 nitrogen and oxygen atoms in total. The predicted octanol–water partition coefficient (Wildman–Crippen LogP) is 3.02. The molecular weight excluding hydrogens is 276 g/mol. The number of nitrogens with one attached hydrogen (secondary N) is 1. The van der Waals surface area contributed by atoms with Gasteiger partial charge in [0.2, 0.25) is 5.91 Å². The van der Waals surface area contributed by atoms with Gasteiger partial charge in [-0.25, -0.2) is 0 Å². The highest BCUT2D eigenvalue weighted by molar-refractivity contribution is 5.78. The molecule has 0 radical (unpaired) electrons. The zero-order valence-corrected chi connectivity index (χ0v) is 14.5. The predicted molar refractivity (Wildman–Crippen MR) is 89.6 cm³/mol. The molecular formula is C17H30N4O. The minimum absolute atomic E-state index is 0.0706. The number of nitrogen functional groups attached to an aromatic ring is 1. The van der Waals surface area contributed by atoms with Crippen molar-refractivity contribution in [3.63, 3.8) is 0 Å². The van der Waals surface area contributed by atoms with Crippen molar-refractivity contribution in [3.8, 4) is 0 Å². The van der Waals surface area contributed by atoms with Crippen molar-refractivity contribution in [2.24, 2.45) is 5.92 Å². The number of rotatable bonds is 3. The summed E-state index contributed by atoms with van der Waals surface area (Å²) in [6.45, 7) is 10.4. The quantitative estimate of drug-likeness (QED) is 0.901. The highest BCUT2D eigenvalue weighted by atomic mass is 16.1. The molecule has 0 spiro atoms. The number of hydrogen-bond donors (Lipinski definition) is 2. The van der Waals surface area contributed by atoms with Crippen LogP contribution in [-0.4, -0.2) is 21.7 Å². The Morgan fingerprint density at radius 1 is 1.32 bits per heavy atom. The van der Waals surface area contributed by atoms with Gasteiger partial charge in [0, 0.05) is 29.6 Å². The van der Waals surface area contributed by atoms with E-state index in [1.165, 1.54) is 5.69 Å². The summed E-state index contributed by atoms with van der Waals surface area (Å²) in [6, 6.07) is 2.22. The Hall–Kier alpha value is -1.52. The van der Waals surface area contributed by atoms with E-state index in [0.717, 1.165) is 25.7 Å². The van der Waals surface area contributed by atoms with Crippen LogP contribution in [0.5, 0.6) is 0 Å². The molecule has 22 heavy (non-hydrogen) atoms. The van der Waals surface area contributed by atoms with Gasteiger partial charge >= 0.3 is 0 Å². The van der Waals surface area contributed by atoms with Crippen LogP contribution in [0, 0.1) is 5.92 Å². The van der Waals surface area contributed by atoms with Crippen molar-refractivity contribution in [1.82, 2.24) is 15.1 Å². The minimum atomic E-state index is -0.0706. The summed E-state index contributed by atoms with van der Waals surface area (Å²) in [5.41, 5.74) is 7.06. The molecule has 0 aliphatic heterocycles. The molecule has 1 aliphatic carbocycles. The van der Waals surface area contributed by atoms with Crippen LogP contribution in [0.1, 0.15) is 71.9 Å². The second-order valence-corrected chi connectivity index (χ2v) is 7.79. The first kappa shape index (κ1) is 16.8. The molecule has 1 aliphatic rings. The number of carbonyl (C=O) groups excluding carboxylic acids is 1. The Morgan fingerprint density at radius 3 is 2.41 bits per heavy atom. The van der Waals surface area contributed by atoms with Gasteiger partial charge in [0.05, 0.1) is 5.54 Å². The van der Waals surface area contributed by atoms with Crippen LogP contribution in [0.15, 0.2) is 6.07 Å². The Labute approximate surface area is 133 Å². The molecule has 124 valence electrons. The lowest BCUT2D eigenvalue weighted by Gasteiger charge is -2.31. The molecule has 5 heteroatoms. The number of aromatic nitrogens is 2. The van der Waals surface area contributed by atoms with Crippen LogP contribution >= 0.6 is 0 Å². The molecule has 2 rings (SSSR count). The maximum Gasteiger partial charge on any atom is 0.223 e. The van der Waals surface area contributed by atoms with Crippen LogP contribution in [0.4, 0.5) is 5.82 Å². The van der Waals surface area contributed by atoms with Gasteiger partial charge in [-0.2, -0.15) is 5.10 Å².